The number of nitrogens with two attached hydrogens (primary N) is 1. The Bertz CT molecular complexity index is 141. The Morgan fingerprint density at radius 2 is 2.08 bits per heavy atom. The predicted octanol–water partition coefficient (Wildman–Crippen LogP) is -0.849. The third-order valence-corrected chi connectivity index (χ3v) is 1.76. The average molecular weight is 190 g/mol. The minimum absolute atomic E-state index is 0.106. The number of hydrogen-bond donors (Lipinski definition) is 4. The first-order valence-electron chi connectivity index (χ1n) is 4.49. The van der Waals surface area contributed by atoms with Gasteiger partial charge in [-0.25, -0.2) is 0 Å². The van der Waals surface area contributed by atoms with Gasteiger partial charge in [-0.3, -0.25) is 4.79 Å². The molecule has 78 valence electrons. The maximum absolute atomic E-state index is 10.5. The van der Waals surface area contributed by atoms with Gasteiger partial charge in [0.2, 0.25) is 0 Å². The lowest BCUT2D eigenvalue weighted by molar-refractivity contribution is -0.139. The van der Waals surface area contributed by atoms with Crippen LogP contribution in [0.5, 0.6) is 0 Å². The van der Waals surface area contributed by atoms with E-state index in [0.29, 0.717) is 6.54 Å². The van der Waals surface area contributed by atoms with Crippen molar-refractivity contribution in [2.45, 2.75) is 25.3 Å². The van der Waals surface area contributed by atoms with E-state index < -0.39 is 12.0 Å². The molecular formula is C8H18N2O3. The molecule has 5 N–H and O–H groups in total. The van der Waals surface area contributed by atoms with Crippen LogP contribution < -0.4 is 11.1 Å². The molecule has 1 unspecified atom stereocenters. The summed E-state index contributed by atoms with van der Waals surface area (Å²) in [5.74, 6) is -0.912. The number of aliphatic hydroxyl groups excluding tert-OH is 1. The van der Waals surface area contributed by atoms with Gasteiger partial charge in [0.15, 0.2) is 0 Å². The third-order valence-electron chi connectivity index (χ3n) is 1.76. The van der Waals surface area contributed by atoms with Gasteiger partial charge in [0.25, 0.3) is 0 Å². The second-order valence-corrected chi connectivity index (χ2v) is 2.86. The van der Waals surface area contributed by atoms with Crippen molar-refractivity contribution < 1.29 is 15.0 Å². The Kier molecular flexibility index (Phi) is 7.57. The van der Waals surface area contributed by atoms with Crippen molar-refractivity contribution in [1.82, 2.24) is 5.32 Å². The van der Waals surface area contributed by atoms with E-state index in [9.17, 15) is 4.79 Å². The lowest BCUT2D eigenvalue weighted by atomic mass is 10.2. The SMILES string of the molecule is NCC(NCCCCCO)C(=O)O. The Balaban J connectivity index is 3.33. The van der Waals surface area contributed by atoms with Gasteiger partial charge in [-0.2, -0.15) is 0 Å². The Hall–Kier alpha value is -0.650. The molecule has 0 aliphatic rings. The molecule has 1 atom stereocenters. The summed E-state index contributed by atoms with van der Waals surface area (Å²) in [5.41, 5.74) is 5.23. The monoisotopic (exact) mass is 190 g/mol. The molecule has 0 amide bonds. The van der Waals surface area contributed by atoms with E-state index in [4.69, 9.17) is 15.9 Å². The van der Waals surface area contributed by atoms with Crippen molar-refractivity contribution in [3.8, 4) is 0 Å². The molecule has 0 heterocycles. The lowest BCUT2D eigenvalue weighted by Gasteiger charge is -2.11. The fourth-order valence-electron chi connectivity index (χ4n) is 0.961. The summed E-state index contributed by atoms with van der Waals surface area (Å²) in [4.78, 5) is 10.5. The van der Waals surface area contributed by atoms with Crippen LogP contribution in [-0.2, 0) is 4.79 Å². The molecule has 0 aromatic rings. The van der Waals surface area contributed by atoms with Crippen molar-refractivity contribution in [1.29, 1.82) is 0 Å². The van der Waals surface area contributed by atoms with Crippen LogP contribution in [0.3, 0.4) is 0 Å². The van der Waals surface area contributed by atoms with Gasteiger partial charge in [-0.05, 0) is 25.8 Å². The number of aliphatic carboxylic acids is 1. The van der Waals surface area contributed by atoms with E-state index in [1.807, 2.05) is 0 Å². The van der Waals surface area contributed by atoms with Crippen LogP contribution >= 0.6 is 0 Å². The predicted molar refractivity (Wildman–Crippen MR) is 49.4 cm³/mol. The van der Waals surface area contributed by atoms with Crippen molar-refractivity contribution in [2.75, 3.05) is 19.7 Å². The van der Waals surface area contributed by atoms with Crippen molar-refractivity contribution in [2.24, 2.45) is 5.73 Å². The normalized spacial score (nSPS) is 12.8. The maximum Gasteiger partial charge on any atom is 0.322 e. The number of rotatable bonds is 8. The summed E-state index contributed by atoms with van der Waals surface area (Å²) in [6.45, 7) is 0.933. The third kappa shape index (κ3) is 6.51. The standard InChI is InChI=1S/C8H18N2O3/c9-6-7(8(12)13)10-4-2-1-3-5-11/h7,10-11H,1-6,9H2,(H,12,13). The minimum atomic E-state index is -0.912. The summed E-state index contributed by atoms with van der Waals surface area (Å²) >= 11 is 0. The van der Waals surface area contributed by atoms with E-state index >= 15 is 0 Å². The molecule has 0 radical (unpaired) electrons. The van der Waals surface area contributed by atoms with Crippen LogP contribution in [0.15, 0.2) is 0 Å². The van der Waals surface area contributed by atoms with Crippen LogP contribution in [0.25, 0.3) is 0 Å². The number of aliphatic hydroxyl groups is 1. The number of nitrogens with one attached hydrogen (secondary N) is 1. The van der Waals surface area contributed by atoms with E-state index in [0.717, 1.165) is 19.3 Å². The zero-order chi connectivity index (χ0) is 10.1. The zero-order valence-electron chi connectivity index (χ0n) is 7.70. The molecule has 0 spiro atoms. The lowest BCUT2D eigenvalue weighted by Crippen LogP contribution is -2.43. The van der Waals surface area contributed by atoms with Crippen LogP contribution in [-0.4, -0.2) is 41.9 Å². The molecule has 0 saturated carbocycles. The van der Waals surface area contributed by atoms with Gasteiger partial charge >= 0.3 is 5.97 Å². The highest BCUT2D eigenvalue weighted by molar-refractivity contribution is 5.73. The number of unbranched alkanes of at least 4 members (excludes halogenated alkanes) is 2. The number of carbonyl (C=O) groups is 1. The minimum Gasteiger partial charge on any atom is -0.480 e. The zero-order valence-corrected chi connectivity index (χ0v) is 7.70. The van der Waals surface area contributed by atoms with Crippen LogP contribution in [0.1, 0.15) is 19.3 Å². The highest BCUT2D eigenvalue weighted by atomic mass is 16.4. The van der Waals surface area contributed by atoms with E-state index in [1.165, 1.54) is 0 Å². The molecule has 0 aromatic heterocycles. The Morgan fingerprint density at radius 3 is 2.54 bits per heavy atom. The van der Waals surface area contributed by atoms with Crippen LogP contribution in [0, 0.1) is 0 Å². The molecule has 0 aliphatic heterocycles. The summed E-state index contributed by atoms with van der Waals surface area (Å²) in [5, 5.41) is 19.9. The van der Waals surface area contributed by atoms with E-state index in [2.05, 4.69) is 5.32 Å². The first-order valence-corrected chi connectivity index (χ1v) is 4.49. The van der Waals surface area contributed by atoms with Crippen molar-refractivity contribution >= 4 is 5.97 Å². The second kappa shape index (κ2) is 7.97. The highest BCUT2D eigenvalue weighted by Gasteiger charge is 2.12. The molecule has 13 heavy (non-hydrogen) atoms. The number of hydrogen-bond acceptors (Lipinski definition) is 4. The molecule has 0 bridgehead atoms. The van der Waals surface area contributed by atoms with Gasteiger partial charge < -0.3 is 21.3 Å². The summed E-state index contributed by atoms with van der Waals surface area (Å²) in [6.07, 6.45) is 2.53. The first-order chi connectivity index (χ1) is 6.22. The van der Waals surface area contributed by atoms with E-state index in [1.54, 1.807) is 0 Å². The van der Waals surface area contributed by atoms with Gasteiger partial charge in [-0.1, -0.05) is 0 Å². The van der Waals surface area contributed by atoms with Crippen molar-refractivity contribution in [3.05, 3.63) is 0 Å². The molecule has 0 aromatic carbocycles. The summed E-state index contributed by atoms with van der Waals surface area (Å²) in [7, 11) is 0. The molecular weight excluding hydrogens is 172 g/mol. The Labute approximate surface area is 77.9 Å². The molecule has 0 rings (SSSR count). The average Bonchev–Trinajstić information content (AvgIpc) is 2.10. The van der Waals surface area contributed by atoms with Gasteiger partial charge in [-0.15, -0.1) is 0 Å². The van der Waals surface area contributed by atoms with Gasteiger partial charge in [0.1, 0.15) is 6.04 Å². The summed E-state index contributed by atoms with van der Waals surface area (Å²) < 4.78 is 0. The van der Waals surface area contributed by atoms with Gasteiger partial charge in [0, 0.05) is 13.2 Å². The fourth-order valence-corrected chi connectivity index (χ4v) is 0.961. The quantitative estimate of drug-likeness (QED) is 0.374. The molecule has 0 aliphatic carbocycles. The topological polar surface area (TPSA) is 95.6 Å². The maximum atomic E-state index is 10.5. The van der Waals surface area contributed by atoms with Gasteiger partial charge in [0.05, 0.1) is 0 Å². The largest absolute Gasteiger partial charge is 0.480 e. The van der Waals surface area contributed by atoms with Crippen LogP contribution in [0.2, 0.25) is 0 Å². The Morgan fingerprint density at radius 1 is 1.38 bits per heavy atom. The number of carboxylic acid groups (broad SMARTS) is 1. The molecule has 0 fully saturated rings. The highest BCUT2D eigenvalue weighted by Crippen LogP contribution is 1.92. The summed E-state index contributed by atoms with van der Waals surface area (Å²) in [6, 6.07) is -0.644. The molecule has 5 nitrogen and oxygen atoms in total. The smallest absolute Gasteiger partial charge is 0.322 e. The number of carboxylic acids is 1. The molecule has 5 heteroatoms. The molecule has 0 saturated heterocycles. The fraction of sp³-hybridized carbons (Fsp3) is 0.875. The van der Waals surface area contributed by atoms with E-state index in [-0.39, 0.29) is 13.2 Å². The van der Waals surface area contributed by atoms with Crippen LogP contribution in [0.4, 0.5) is 0 Å². The first kappa shape index (κ1) is 12.3. The van der Waals surface area contributed by atoms with Crippen molar-refractivity contribution in [3.63, 3.8) is 0 Å². The second-order valence-electron chi connectivity index (χ2n) is 2.86.